The summed E-state index contributed by atoms with van der Waals surface area (Å²) in [6.45, 7) is 7.75. The van der Waals surface area contributed by atoms with Gasteiger partial charge < -0.3 is 14.6 Å². The zero-order valence-corrected chi connectivity index (χ0v) is 19.3. The lowest BCUT2D eigenvalue weighted by molar-refractivity contribution is -0.221. The highest BCUT2D eigenvalue weighted by atomic mass is 32.2. The fraction of sp³-hybridized carbons (Fsp3) is 0.750. The van der Waals surface area contributed by atoms with Crippen molar-refractivity contribution in [2.24, 2.45) is 28.6 Å². The third kappa shape index (κ3) is 2.73. The van der Waals surface area contributed by atoms with Crippen LogP contribution in [0.5, 0.6) is 0 Å². The Kier molecular flexibility index (Phi) is 4.75. The molecular formula is C24H31FO5S. The number of fused-ring (bicyclic) bond motifs is 7. The lowest BCUT2D eigenvalue weighted by Gasteiger charge is -2.59. The van der Waals surface area contributed by atoms with Crippen molar-refractivity contribution in [1.29, 1.82) is 0 Å². The number of aliphatic hydroxyl groups excluding tert-OH is 1. The van der Waals surface area contributed by atoms with Crippen molar-refractivity contribution in [2.75, 3.05) is 6.01 Å². The molecule has 5 rings (SSSR count). The predicted molar refractivity (Wildman–Crippen MR) is 115 cm³/mol. The predicted octanol–water partition coefficient (Wildman–Crippen LogP) is 3.95. The van der Waals surface area contributed by atoms with E-state index in [4.69, 9.17) is 9.47 Å². The van der Waals surface area contributed by atoms with Crippen LogP contribution in [0.4, 0.5) is 4.39 Å². The second-order valence-corrected chi connectivity index (χ2v) is 11.7. The van der Waals surface area contributed by atoms with E-state index in [1.54, 1.807) is 26.0 Å². The first-order valence-corrected chi connectivity index (χ1v) is 12.2. The van der Waals surface area contributed by atoms with Crippen LogP contribution in [0.15, 0.2) is 23.8 Å². The van der Waals surface area contributed by atoms with Crippen LogP contribution < -0.4 is 0 Å². The molecule has 1 aliphatic heterocycles. The number of aliphatic hydroxyl groups is 1. The van der Waals surface area contributed by atoms with E-state index in [0.717, 1.165) is 18.4 Å². The van der Waals surface area contributed by atoms with Crippen molar-refractivity contribution in [3.05, 3.63) is 23.8 Å². The van der Waals surface area contributed by atoms with Crippen LogP contribution in [0.25, 0.3) is 0 Å². The van der Waals surface area contributed by atoms with E-state index in [1.807, 2.05) is 13.0 Å². The zero-order chi connectivity index (χ0) is 22.4. The molecule has 5 nitrogen and oxygen atoms in total. The Balaban J connectivity index is 1.58. The molecule has 170 valence electrons. The summed E-state index contributed by atoms with van der Waals surface area (Å²) in [5.74, 6) is -0.699. The van der Waals surface area contributed by atoms with Crippen LogP contribution in [0.2, 0.25) is 0 Å². The van der Waals surface area contributed by atoms with Crippen molar-refractivity contribution < 1.29 is 28.6 Å². The van der Waals surface area contributed by atoms with Crippen molar-refractivity contribution in [2.45, 2.75) is 77.0 Å². The first kappa shape index (κ1) is 21.8. The minimum absolute atomic E-state index is 0.00768. The largest absolute Gasteiger partial charge is 0.393 e. The number of ketones is 1. The minimum Gasteiger partial charge on any atom is -0.393 e. The number of alkyl halides is 1. The first-order valence-electron chi connectivity index (χ1n) is 11.2. The second kappa shape index (κ2) is 6.75. The van der Waals surface area contributed by atoms with E-state index in [0.29, 0.717) is 24.6 Å². The van der Waals surface area contributed by atoms with Crippen LogP contribution in [-0.2, 0) is 19.1 Å². The molecule has 31 heavy (non-hydrogen) atoms. The van der Waals surface area contributed by atoms with Crippen LogP contribution in [0.3, 0.4) is 0 Å². The SMILES string of the molecule is CC1(C)O[C@@H]2C[C@H]3[C@@H]4CCC5=CC(=O)C=C[C@]5(C)[C@H]4[C@@H](O)CC3(C)[C@]2(C(=O)SCF)O1. The number of carbonyl (C=O) groups is 2. The van der Waals surface area contributed by atoms with Crippen LogP contribution in [0, 0.1) is 28.6 Å². The number of rotatable bonds is 2. The number of thioether (sulfide) groups is 1. The Morgan fingerprint density at radius 3 is 2.77 bits per heavy atom. The average molecular weight is 451 g/mol. The van der Waals surface area contributed by atoms with E-state index in [1.165, 1.54) is 0 Å². The molecule has 8 atom stereocenters. The molecule has 4 aliphatic carbocycles. The van der Waals surface area contributed by atoms with Gasteiger partial charge in [-0.2, -0.15) is 0 Å². The summed E-state index contributed by atoms with van der Waals surface area (Å²) in [7, 11) is 0. The van der Waals surface area contributed by atoms with Gasteiger partial charge in [0.25, 0.3) is 0 Å². The number of hydrogen-bond acceptors (Lipinski definition) is 6. The summed E-state index contributed by atoms with van der Waals surface area (Å²) < 4.78 is 25.9. The maximum atomic E-state index is 13.4. The van der Waals surface area contributed by atoms with Crippen molar-refractivity contribution in [1.82, 2.24) is 0 Å². The molecule has 3 saturated carbocycles. The summed E-state index contributed by atoms with van der Waals surface area (Å²) in [5.41, 5.74) is -1.20. The molecule has 0 radical (unpaired) electrons. The summed E-state index contributed by atoms with van der Waals surface area (Å²) in [4.78, 5) is 25.3. The van der Waals surface area contributed by atoms with Crippen LogP contribution in [0.1, 0.15) is 53.4 Å². The molecule has 7 heteroatoms. The van der Waals surface area contributed by atoms with Crippen molar-refractivity contribution in [3.8, 4) is 0 Å². The van der Waals surface area contributed by atoms with Crippen LogP contribution >= 0.6 is 11.8 Å². The number of carbonyl (C=O) groups excluding carboxylic acids is 2. The fourth-order valence-corrected chi connectivity index (χ4v) is 8.65. The van der Waals surface area contributed by atoms with Gasteiger partial charge >= 0.3 is 0 Å². The zero-order valence-electron chi connectivity index (χ0n) is 18.5. The Morgan fingerprint density at radius 2 is 2.06 bits per heavy atom. The van der Waals surface area contributed by atoms with Gasteiger partial charge in [0.05, 0.1) is 12.2 Å². The number of ether oxygens (including phenoxy) is 2. The molecular weight excluding hydrogens is 419 g/mol. The van der Waals surface area contributed by atoms with Gasteiger partial charge in [-0.3, -0.25) is 9.59 Å². The van der Waals surface area contributed by atoms with Gasteiger partial charge in [-0.05, 0) is 63.5 Å². The molecule has 0 aromatic rings. The second-order valence-electron chi connectivity index (χ2n) is 10.8. The summed E-state index contributed by atoms with van der Waals surface area (Å²) in [6.07, 6.45) is 6.89. The highest BCUT2D eigenvalue weighted by Gasteiger charge is 2.77. The van der Waals surface area contributed by atoms with Gasteiger partial charge in [0, 0.05) is 16.7 Å². The smallest absolute Gasteiger partial charge is 0.226 e. The van der Waals surface area contributed by atoms with E-state index in [2.05, 4.69) is 6.92 Å². The van der Waals surface area contributed by atoms with E-state index < -0.39 is 35.0 Å². The topological polar surface area (TPSA) is 72.8 Å². The Labute approximate surface area is 186 Å². The number of hydrogen-bond donors (Lipinski definition) is 1. The first-order chi connectivity index (χ1) is 14.5. The quantitative estimate of drug-likeness (QED) is 0.687. The molecule has 0 amide bonds. The van der Waals surface area contributed by atoms with Gasteiger partial charge in [-0.1, -0.05) is 37.3 Å². The minimum atomic E-state index is -1.26. The third-order valence-corrected chi connectivity index (χ3v) is 9.65. The molecule has 0 spiro atoms. The maximum absolute atomic E-state index is 13.4. The fourth-order valence-electron chi connectivity index (χ4n) is 7.93. The van der Waals surface area contributed by atoms with Gasteiger partial charge in [0.15, 0.2) is 17.2 Å². The standard InChI is InChI=1S/C24H31FO5S/c1-21(2)29-18-10-16-15-6-5-13-9-14(26)7-8-22(13,3)19(15)17(27)11-23(16,4)24(18,30-21)20(28)31-12-25/h7-9,15-19,27H,5-6,10-12H2,1-4H3/t15-,16-,17-,18+,19+,22-,23?,24-/m0/s1. The highest BCUT2D eigenvalue weighted by Crippen LogP contribution is 2.70. The molecule has 1 N–H and O–H groups in total. The van der Waals surface area contributed by atoms with Gasteiger partial charge in [-0.15, -0.1) is 0 Å². The molecule has 1 unspecified atom stereocenters. The Hall–Kier alpha value is -1.02. The lowest BCUT2D eigenvalue weighted by atomic mass is 9.46. The van der Waals surface area contributed by atoms with Crippen molar-refractivity contribution in [3.63, 3.8) is 0 Å². The maximum Gasteiger partial charge on any atom is 0.226 e. The van der Waals surface area contributed by atoms with E-state index in [-0.39, 0.29) is 34.1 Å². The molecule has 0 aromatic carbocycles. The summed E-state index contributed by atoms with van der Waals surface area (Å²) >= 11 is 0.649. The molecule has 4 fully saturated rings. The molecule has 1 heterocycles. The lowest BCUT2D eigenvalue weighted by Crippen LogP contribution is -2.63. The molecule has 5 aliphatic rings. The normalized spacial score (nSPS) is 49.7. The summed E-state index contributed by atoms with van der Waals surface area (Å²) in [5, 5.41) is 11.2. The van der Waals surface area contributed by atoms with Crippen molar-refractivity contribution >= 4 is 22.7 Å². The average Bonchev–Trinajstić information content (AvgIpc) is 3.08. The third-order valence-electron chi connectivity index (χ3n) is 8.98. The number of halogens is 1. The molecule has 0 bridgehead atoms. The van der Waals surface area contributed by atoms with Gasteiger partial charge in [0.2, 0.25) is 5.12 Å². The van der Waals surface area contributed by atoms with E-state index >= 15 is 0 Å². The van der Waals surface area contributed by atoms with Gasteiger partial charge in [0.1, 0.15) is 6.01 Å². The number of allylic oxidation sites excluding steroid dienone is 4. The summed E-state index contributed by atoms with van der Waals surface area (Å²) in [6, 6.07) is -0.808. The Morgan fingerprint density at radius 1 is 1.32 bits per heavy atom. The van der Waals surface area contributed by atoms with Crippen LogP contribution in [-0.4, -0.2) is 45.6 Å². The Bertz CT molecular complexity index is 898. The highest BCUT2D eigenvalue weighted by molar-refractivity contribution is 8.13. The molecule has 0 aromatic heterocycles. The monoisotopic (exact) mass is 450 g/mol. The molecule has 1 saturated heterocycles. The van der Waals surface area contributed by atoms with Gasteiger partial charge in [-0.25, -0.2) is 4.39 Å². The van der Waals surface area contributed by atoms with E-state index in [9.17, 15) is 19.1 Å².